The van der Waals surface area contributed by atoms with Crippen molar-refractivity contribution in [1.82, 2.24) is 4.90 Å². The topological polar surface area (TPSA) is 59.8 Å². The molecule has 0 bridgehead atoms. The lowest BCUT2D eigenvalue weighted by atomic mass is 9.97. The summed E-state index contributed by atoms with van der Waals surface area (Å²) in [4.78, 5) is 29.2. The van der Waals surface area contributed by atoms with Crippen LogP contribution in [0.2, 0.25) is 0 Å². The van der Waals surface area contributed by atoms with Gasteiger partial charge in [-0.05, 0) is 67.3 Å². The molecular weight excluding hydrogens is 438 g/mol. The number of hydrogen-bond donors (Lipinski definition) is 0. The summed E-state index contributed by atoms with van der Waals surface area (Å²) in [6.07, 6.45) is 2.91. The zero-order valence-corrected chi connectivity index (χ0v) is 20.3. The van der Waals surface area contributed by atoms with Gasteiger partial charge in [-0.15, -0.1) is 0 Å². The van der Waals surface area contributed by atoms with Gasteiger partial charge in [0.05, 0.1) is 17.0 Å². The Balaban J connectivity index is 1.65. The molecule has 5 rings (SSSR count). The number of rotatable bonds is 7. The number of aryl methyl sites for hydroxylation is 2. The molecule has 1 aliphatic rings. The lowest BCUT2D eigenvalue weighted by Gasteiger charge is -2.25. The van der Waals surface area contributed by atoms with E-state index in [1.807, 2.05) is 80.6 Å². The average molecular weight is 468 g/mol. The van der Waals surface area contributed by atoms with Crippen molar-refractivity contribution < 1.29 is 13.9 Å². The summed E-state index contributed by atoms with van der Waals surface area (Å²) >= 11 is 0. The van der Waals surface area contributed by atoms with E-state index < -0.39 is 6.04 Å². The van der Waals surface area contributed by atoms with Crippen LogP contribution in [-0.2, 0) is 0 Å². The fraction of sp³-hybridized carbons (Fsp3) is 0.267. The van der Waals surface area contributed by atoms with Crippen LogP contribution in [0.4, 0.5) is 0 Å². The van der Waals surface area contributed by atoms with Crippen molar-refractivity contribution in [1.29, 1.82) is 0 Å². The largest absolute Gasteiger partial charge is 0.457 e. The van der Waals surface area contributed by atoms with E-state index in [1.54, 1.807) is 4.90 Å². The van der Waals surface area contributed by atoms with Gasteiger partial charge in [0.15, 0.2) is 5.43 Å². The van der Waals surface area contributed by atoms with Crippen LogP contribution in [-0.4, -0.2) is 17.4 Å². The van der Waals surface area contributed by atoms with Crippen molar-refractivity contribution in [3.63, 3.8) is 0 Å². The second kappa shape index (κ2) is 9.41. The summed E-state index contributed by atoms with van der Waals surface area (Å²) in [5.74, 6) is 1.31. The van der Waals surface area contributed by atoms with Crippen molar-refractivity contribution in [3.8, 4) is 11.5 Å². The Hall–Kier alpha value is -3.86. The van der Waals surface area contributed by atoms with Crippen molar-refractivity contribution in [3.05, 3.63) is 105 Å². The first-order chi connectivity index (χ1) is 17.0. The first-order valence-corrected chi connectivity index (χ1v) is 12.2. The molecule has 0 saturated carbocycles. The first-order valence-electron chi connectivity index (χ1n) is 12.2. The number of benzene rings is 3. The molecule has 0 fully saturated rings. The van der Waals surface area contributed by atoms with Gasteiger partial charge in [-0.25, -0.2) is 0 Å². The summed E-state index contributed by atoms with van der Waals surface area (Å²) in [6, 6.07) is 20.5. The third-order valence-corrected chi connectivity index (χ3v) is 6.55. The number of amides is 1. The maximum absolute atomic E-state index is 13.8. The smallest absolute Gasteiger partial charge is 0.290 e. The Morgan fingerprint density at radius 3 is 2.46 bits per heavy atom. The van der Waals surface area contributed by atoms with Gasteiger partial charge in [0.2, 0.25) is 5.76 Å². The minimum Gasteiger partial charge on any atom is -0.457 e. The number of nitrogens with zero attached hydrogens (tertiary/aromatic N) is 1. The molecule has 0 radical (unpaired) electrons. The quantitative estimate of drug-likeness (QED) is 0.276. The molecule has 0 aliphatic carbocycles. The van der Waals surface area contributed by atoms with Crippen molar-refractivity contribution in [2.75, 3.05) is 6.54 Å². The molecule has 1 atom stereocenters. The Morgan fingerprint density at radius 1 is 0.914 bits per heavy atom. The molecule has 1 aromatic heterocycles. The predicted molar refractivity (Wildman–Crippen MR) is 137 cm³/mol. The highest BCUT2D eigenvalue weighted by molar-refractivity contribution is 5.99. The van der Waals surface area contributed by atoms with Crippen molar-refractivity contribution in [2.24, 2.45) is 0 Å². The van der Waals surface area contributed by atoms with Crippen molar-refractivity contribution in [2.45, 2.75) is 46.1 Å². The van der Waals surface area contributed by atoms with E-state index in [0.29, 0.717) is 28.8 Å². The van der Waals surface area contributed by atoms with Gasteiger partial charge >= 0.3 is 0 Å². The van der Waals surface area contributed by atoms with Crippen molar-refractivity contribution >= 4 is 16.9 Å². The lowest BCUT2D eigenvalue weighted by Crippen LogP contribution is -2.30. The third kappa shape index (κ3) is 4.23. The molecule has 0 N–H and O–H groups in total. The molecule has 35 heavy (non-hydrogen) atoms. The van der Waals surface area contributed by atoms with E-state index in [2.05, 4.69) is 6.92 Å². The first kappa shape index (κ1) is 22.9. The Bertz CT molecular complexity index is 1450. The fourth-order valence-corrected chi connectivity index (χ4v) is 4.96. The molecule has 0 spiro atoms. The van der Waals surface area contributed by atoms with Gasteiger partial charge in [-0.2, -0.15) is 0 Å². The van der Waals surface area contributed by atoms with E-state index in [4.69, 9.17) is 9.15 Å². The molecular formula is C30H29NO4. The molecule has 178 valence electrons. The number of carbonyl (C=O) groups is 1. The molecule has 3 aromatic carbocycles. The molecule has 5 heteroatoms. The predicted octanol–water partition coefficient (Wildman–Crippen LogP) is 6.94. The van der Waals surface area contributed by atoms with E-state index in [9.17, 15) is 9.59 Å². The van der Waals surface area contributed by atoms with Crippen LogP contribution >= 0.6 is 0 Å². The minimum absolute atomic E-state index is 0.140. The summed E-state index contributed by atoms with van der Waals surface area (Å²) in [5.41, 5.74) is 3.44. The van der Waals surface area contributed by atoms with Crippen LogP contribution < -0.4 is 10.2 Å². The maximum atomic E-state index is 13.8. The van der Waals surface area contributed by atoms with Gasteiger partial charge < -0.3 is 14.1 Å². The van der Waals surface area contributed by atoms with Gasteiger partial charge in [0.25, 0.3) is 5.91 Å². The highest BCUT2D eigenvalue weighted by Crippen LogP contribution is 2.40. The summed E-state index contributed by atoms with van der Waals surface area (Å²) in [7, 11) is 0. The number of carbonyl (C=O) groups excluding carboxylic acids is 1. The molecule has 1 aliphatic heterocycles. The van der Waals surface area contributed by atoms with Gasteiger partial charge in [0.1, 0.15) is 17.1 Å². The van der Waals surface area contributed by atoms with E-state index in [0.717, 1.165) is 41.7 Å². The van der Waals surface area contributed by atoms with Gasteiger partial charge in [-0.3, -0.25) is 9.59 Å². The monoisotopic (exact) mass is 467 g/mol. The Labute approximate surface area is 205 Å². The standard InChI is InChI=1S/C30H29NO4/c1-4-5-9-15-31-26(21-11-10-14-23(18-21)34-22-12-7-6-8-13-22)25-27(32)24-17-19(2)16-20(3)28(24)35-29(25)30(31)33/h6-8,10-14,16-18,26H,4-5,9,15H2,1-3H3. The number of fused-ring (bicyclic) bond motifs is 2. The number of unbranched alkanes of at least 4 members (excludes halogenated alkanes) is 2. The molecule has 0 saturated heterocycles. The van der Waals surface area contributed by atoms with Crippen LogP contribution in [0.1, 0.15) is 65.0 Å². The van der Waals surface area contributed by atoms with Crippen LogP contribution in [0.25, 0.3) is 11.0 Å². The van der Waals surface area contributed by atoms with Crippen LogP contribution in [0.3, 0.4) is 0 Å². The third-order valence-electron chi connectivity index (χ3n) is 6.55. The fourth-order valence-electron chi connectivity index (χ4n) is 4.96. The van der Waals surface area contributed by atoms with Crippen LogP contribution in [0.5, 0.6) is 11.5 Å². The number of ether oxygens (including phenoxy) is 1. The minimum atomic E-state index is -0.518. The molecule has 5 nitrogen and oxygen atoms in total. The van der Waals surface area contributed by atoms with Crippen LogP contribution in [0.15, 0.2) is 75.9 Å². The van der Waals surface area contributed by atoms with Gasteiger partial charge in [-0.1, -0.05) is 56.2 Å². The Kier molecular flexibility index (Phi) is 6.16. The highest BCUT2D eigenvalue weighted by Gasteiger charge is 2.42. The van der Waals surface area contributed by atoms with Crippen LogP contribution in [0, 0.1) is 13.8 Å². The summed E-state index contributed by atoms with van der Waals surface area (Å²) in [5, 5.41) is 0.520. The normalized spacial score (nSPS) is 15.0. The zero-order valence-electron chi connectivity index (χ0n) is 20.3. The lowest BCUT2D eigenvalue weighted by molar-refractivity contribution is 0.0724. The Morgan fingerprint density at radius 2 is 1.69 bits per heavy atom. The van der Waals surface area contributed by atoms with E-state index in [-0.39, 0.29) is 17.1 Å². The van der Waals surface area contributed by atoms with E-state index >= 15 is 0 Å². The summed E-state index contributed by atoms with van der Waals surface area (Å²) in [6.45, 7) is 6.55. The van der Waals surface area contributed by atoms with E-state index in [1.165, 1.54) is 0 Å². The number of para-hydroxylation sites is 1. The zero-order chi connectivity index (χ0) is 24.5. The van der Waals surface area contributed by atoms with Gasteiger partial charge in [0, 0.05) is 6.54 Å². The molecule has 4 aromatic rings. The average Bonchev–Trinajstić information content (AvgIpc) is 3.13. The summed E-state index contributed by atoms with van der Waals surface area (Å²) < 4.78 is 12.2. The number of hydrogen-bond acceptors (Lipinski definition) is 4. The maximum Gasteiger partial charge on any atom is 0.290 e. The SMILES string of the molecule is CCCCCN1C(=O)c2oc3c(C)cc(C)cc3c(=O)c2C1c1cccc(Oc2ccccc2)c1. The second-order valence-corrected chi connectivity index (χ2v) is 9.23. The molecule has 1 amide bonds. The molecule has 2 heterocycles. The highest BCUT2D eigenvalue weighted by atomic mass is 16.5. The molecule has 1 unspecified atom stereocenters. The second-order valence-electron chi connectivity index (χ2n) is 9.23.